The van der Waals surface area contributed by atoms with E-state index < -0.39 is 5.41 Å². The van der Waals surface area contributed by atoms with Gasteiger partial charge < -0.3 is 14.6 Å². The van der Waals surface area contributed by atoms with Crippen molar-refractivity contribution < 1.29 is 14.3 Å². The lowest BCUT2D eigenvalue weighted by atomic mass is 9.86. The number of carbonyl (C=O) groups excluding carboxylic acids is 2. The van der Waals surface area contributed by atoms with Crippen LogP contribution in [0.2, 0.25) is 0 Å². The Morgan fingerprint density at radius 2 is 1.81 bits per heavy atom. The fourth-order valence-electron chi connectivity index (χ4n) is 3.02. The molecule has 27 heavy (non-hydrogen) atoms. The average molecular weight is 364 g/mol. The number of amides is 1. The van der Waals surface area contributed by atoms with Crippen LogP contribution in [0.15, 0.2) is 54.7 Å². The Hall–Kier alpha value is -3.08. The van der Waals surface area contributed by atoms with Gasteiger partial charge in [-0.1, -0.05) is 45.0 Å². The topological polar surface area (TPSA) is 60.3 Å². The second-order valence-corrected chi connectivity index (χ2v) is 7.55. The zero-order chi connectivity index (χ0) is 19.6. The fraction of sp³-hybridized carbons (Fsp3) is 0.273. The van der Waals surface area contributed by atoms with Crippen molar-refractivity contribution in [3.8, 4) is 5.75 Å². The molecule has 0 aliphatic heterocycles. The van der Waals surface area contributed by atoms with Crippen LogP contribution in [0.5, 0.6) is 5.75 Å². The molecule has 0 radical (unpaired) electrons. The van der Waals surface area contributed by atoms with Gasteiger partial charge in [-0.2, -0.15) is 0 Å². The quantitative estimate of drug-likeness (QED) is 0.677. The van der Waals surface area contributed by atoms with Gasteiger partial charge >= 0.3 is 0 Å². The third-order valence-corrected chi connectivity index (χ3v) is 4.38. The molecule has 5 heteroatoms. The van der Waals surface area contributed by atoms with Gasteiger partial charge in [0.2, 0.25) is 5.91 Å². The summed E-state index contributed by atoms with van der Waals surface area (Å²) in [4.78, 5) is 25.4. The first-order chi connectivity index (χ1) is 12.8. The Balaban J connectivity index is 1.88. The van der Waals surface area contributed by atoms with Crippen LogP contribution in [-0.2, 0) is 11.3 Å². The minimum atomic E-state index is -0.488. The second-order valence-electron chi connectivity index (χ2n) is 7.55. The molecule has 2 aromatic carbocycles. The van der Waals surface area contributed by atoms with E-state index in [9.17, 15) is 9.59 Å². The Labute approximate surface area is 158 Å². The average Bonchev–Trinajstić information content (AvgIpc) is 2.99. The van der Waals surface area contributed by atoms with Crippen molar-refractivity contribution in [2.24, 2.45) is 5.41 Å². The number of rotatable bonds is 5. The van der Waals surface area contributed by atoms with Gasteiger partial charge in [-0.05, 0) is 18.2 Å². The van der Waals surface area contributed by atoms with Crippen molar-refractivity contribution in [1.29, 1.82) is 0 Å². The molecule has 1 heterocycles. The fourth-order valence-corrected chi connectivity index (χ4v) is 3.02. The second kappa shape index (κ2) is 7.27. The molecule has 0 atom stereocenters. The van der Waals surface area contributed by atoms with Gasteiger partial charge in [0.25, 0.3) is 0 Å². The van der Waals surface area contributed by atoms with Crippen LogP contribution < -0.4 is 10.1 Å². The summed E-state index contributed by atoms with van der Waals surface area (Å²) in [5.41, 5.74) is 1.69. The number of hydrogen-bond donors (Lipinski definition) is 1. The number of nitrogens with one attached hydrogen (secondary N) is 1. The van der Waals surface area contributed by atoms with Gasteiger partial charge in [0, 0.05) is 39.8 Å². The number of anilines is 1. The lowest BCUT2D eigenvalue weighted by Crippen LogP contribution is -2.20. The maximum absolute atomic E-state index is 12.8. The van der Waals surface area contributed by atoms with Gasteiger partial charge in [0.05, 0.1) is 7.11 Å². The number of methoxy groups -OCH3 is 1. The smallest absolute Gasteiger partial charge is 0.244 e. The van der Waals surface area contributed by atoms with E-state index in [1.807, 2.05) is 67.8 Å². The summed E-state index contributed by atoms with van der Waals surface area (Å²) in [6, 6.07) is 14.9. The van der Waals surface area contributed by atoms with Crippen molar-refractivity contribution in [3.63, 3.8) is 0 Å². The molecule has 0 unspecified atom stereocenters. The van der Waals surface area contributed by atoms with Crippen molar-refractivity contribution in [1.82, 2.24) is 4.57 Å². The molecule has 1 aromatic heterocycles. The van der Waals surface area contributed by atoms with Crippen LogP contribution in [0.1, 0.15) is 31.1 Å². The van der Waals surface area contributed by atoms with E-state index in [0.29, 0.717) is 17.0 Å². The first-order valence-electron chi connectivity index (χ1n) is 8.86. The number of para-hydroxylation sites is 1. The van der Waals surface area contributed by atoms with Crippen LogP contribution >= 0.6 is 0 Å². The number of Topliss-reactive ketones (excluding diaryl/α,β-unsaturated/α-hetero) is 1. The number of benzene rings is 2. The highest BCUT2D eigenvalue weighted by atomic mass is 16.5. The van der Waals surface area contributed by atoms with Crippen LogP contribution in [-0.4, -0.2) is 23.4 Å². The molecule has 0 saturated carbocycles. The molecule has 0 fully saturated rings. The van der Waals surface area contributed by atoms with Gasteiger partial charge in [0.15, 0.2) is 5.78 Å². The van der Waals surface area contributed by atoms with Crippen molar-refractivity contribution in [3.05, 3.63) is 60.3 Å². The third-order valence-electron chi connectivity index (χ3n) is 4.38. The highest BCUT2D eigenvalue weighted by molar-refractivity contribution is 6.10. The Morgan fingerprint density at radius 1 is 1.07 bits per heavy atom. The standard InChI is InChI=1S/C22H24N2O3/c1-22(2,3)21(26)18-13-24(19-11-6-5-10-17(18)19)14-20(25)23-15-8-7-9-16(12-15)27-4/h5-13H,14H2,1-4H3,(H,23,25). The van der Waals surface area contributed by atoms with Crippen LogP contribution in [0, 0.1) is 5.41 Å². The molecule has 0 spiro atoms. The number of hydrogen-bond acceptors (Lipinski definition) is 3. The summed E-state index contributed by atoms with van der Waals surface area (Å²) in [6.45, 7) is 5.82. The number of aromatic nitrogens is 1. The molecular formula is C22H24N2O3. The van der Waals surface area contributed by atoms with Crippen molar-refractivity contribution in [2.45, 2.75) is 27.3 Å². The van der Waals surface area contributed by atoms with Gasteiger partial charge in [0.1, 0.15) is 12.3 Å². The SMILES string of the molecule is COc1cccc(NC(=O)Cn2cc(C(=O)C(C)(C)C)c3ccccc32)c1. The molecule has 0 aliphatic carbocycles. The molecular weight excluding hydrogens is 340 g/mol. The summed E-state index contributed by atoms with van der Waals surface area (Å²) in [6.07, 6.45) is 1.78. The van der Waals surface area contributed by atoms with Crippen LogP contribution in [0.3, 0.4) is 0 Å². The normalized spacial score (nSPS) is 11.4. The first-order valence-corrected chi connectivity index (χ1v) is 8.86. The predicted octanol–water partition coefficient (Wildman–Crippen LogP) is 4.52. The van der Waals surface area contributed by atoms with E-state index in [2.05, 4.69) is 5.32 Å². The molecule has 0 aliphatic rings. The molecule has 3 rings (SSSR count). The lowest BCUT2D eigenvalue weighted by molar-refractivity contribution is -0.116. The molecule has 1 N–H and O–H groups in total. The lowest BCUT2D eigenvalue weighted by Gasteiger charge is -2.15. The van der Waals surface area contributed by atoms with Crippen LogP contribution in [0.4, 0.5) is 5.69 Å². The molecule has 140 valence electrons. The predicted molar refractivity (Wildman–Crippen MR) is 107 cm³/mol. The monoisotopic (exact) mass is 364 g/mol. The molecule has 1 amide bonds. The van der Waals surface area contributed by atoms with E-state index in [0.717, 1.165) is 10.9 Å². The summed E-state index contributed by atoms with van der Waals surface area (Å²) in [5.74, 6) is 0.571. The molecule has 5 nitrogen and oxygen atoms in total. The minimum absolute atomic E-state index is 0.0608. The van der Waals surface area contributed by atoms with Gasteiger partial charge in [-0.25, -0.2) is 0 Å². The molecule has 0 bridgehead atoms. The summed E-state index contributed by atoms with van der Waals surface area (Å²) >= 11 is 0. The minimum Gasteiger partial charge on any atom is -0.497 e. The van der Waals surface area contributed by atoms with E-state index in [-0.39, 0.29) is 18.2 Å². The van der Waals surface area contributed by atoms with Crippen LogP contribution in [0.25, 0.3) is 10.9 Å². The highest BCUT2D eigenvalue weighted by Gasteiger charge is 2.26. The third kappa shape index (κ3) is 4.03. The number of ketones is 1. The maximum Gasteiger partial charge on any atom is 0.244 e. The number of carbonyl (C=O) groups is 2. The number of ether oxygens (including phenoxy) is 1. The largest absolute Gasteiger partial charge is 0.497 e. The summed E-state index contributed by atoms with van der Waals surface area (Å²) < 4.78 is 7.00. The van der Waals surface area contributed by atoms with Gasteiger partial charge in [-0.15, -0.1) is 0 Å². The molecule has 0 saturated heterocycles. The van der Waals surface area contributed by atoms with E-state index in [1.54, 1.807) is 19.4 Å². The molecule has 3 aromatic rings. The van der Waals surface area contributed by atoms with E-state index in [1.165, 1.54) is 0 Å². The van der Waals surface area contributed by atoms with Crippen molar-refractivity contribution in [2.75, 3.05) is 12.4 Å². The number of fused-ring (bicyclic) bond motifs is 1. The maximum atomic E-state index is 12.8. The van der Waals surface area contributed by atoms with E-state index in [4.69, 9.17) is 4.74 Å². The zero-order valence-corrected chi connectivity index (χ0v) is 16.1. The summed E-state index contributed by atoms with van der Waals surface area (Å²) in [7, 11) is 1.58. The summed E-state index contributed by atoms with van der Waals surface area (Å²) in [5, 5.41) is 3.74. The van der Waals surface area contributed by atoms with Gasteiger partial charge in [-0.3, -0.25) is 9.59 Å². The Bertz CT molecular complexity index is 996. The van der Waals surface area contributed by atoms with Crippen molar-refractivity contribution >= 4 is 28.3 Å². The first kappa shape index (κ1) is 18.7. The number of nitrogens with zero attached hydrogens (tertiary/aromatic N) is 1. The highest BCUT2D eigenvalue weighted by Crippen LogP contribution is 2.28. The Kier molecular flexibility index (Phi) is 5.04. The zero-order valence-electron chi connectivity index (χ0n) is 16.1. The Morgan fingerprint density at radius 3 is 2.52 bits per heavy atom. The van der Waals surface area contributed by atoms with E-state index >= 15 is 0 Å².